The first kappa shape index (κ1) is 15.4. The number of ether oxygens (including phenoxy) is 1. The molecule has 2 aromatic rings. The zero-order valence-electron chi connectivity index (χ0n) is 13.9. The zero-order chi connectivity index (χ0) is 16.5. The van der Waals surface area contributed by atoms with Crippen LogP contribution in [-0.4, -0.2) is 39.1 Å². The summed E-state index contributed by atoms with van der Waals surface area (Å²) in [4.78, 5) is 12.7. The van der Waals surface area contributed by atoms with Gasteiger partial charge >= 0.3 is 0 Å². The van der Waals surface area contributed by atoms with Crippen molar-refractivity contribution >= 4 is 11.6 Å². The number of anilines is 1. The van der Waals surface area contributed by atoms with Crippen LogP contribution in [0.4, 0.5) is 5.69 Å². The molecule has 1 aliphatic carbocycles. The average Bonchev–Trinajstić information content (AvgIpc) is 3.36. The lowest BCUT2D eigenvalue weighted by Crippen LogP contribution is -2.16. The number of carbonyl (C=O) groups is 1. The molecule has 7 heteroatoms. The number of hydrogen-bond donors (Lipinski definition) is 2. The van der Waals surface area contributed by atoms with Crippen molar-refractivity contribution in [2.75, 3.05) is 18.5 Å². The maximum absolute atomic E-state index is 12.7. The molecular weight excluding hydrogens is 306 g/mol. The molecule has 1 atom stereocenters. The zero-order valence-corrected chi connectivity index (χ0v) is 13.9. The molecule has 4 rings (SSSR count). The van der Waals surface area contributed by atoms with Crippen LogP contribution in [0.15, 0.2) is 12.4 Å². The van der Waals surface area contributed by atoms with Gasteiger partial charge in [-0.05, 0) is 26.2 Å². The lowest BCUT2D eigenvalue weighted by atomic mass is 10.0. The second-order valence-corrected chi connectivity index (χ2v) is 6.74. The number of carbonyl (C=O) groups excluding carboxylic acids is 1. The van der Waals surface area contributed by atoms with Crippen LogP contribution in [-0.2, 0) is 4.74 Å². The van der Waals surface area contributed by atoms with Gasteiger partial charge in [0.25, 0.3) is 5.91 Å². The number of aromatic nitrogens is 4. The van der Waals surface area contributed by atoms with Crippen LogP contribution < -0.4 is 5.32 Å². The molecule has 7 nitrogen and oxygen atoms in total. The molecule has 2 fully saturated rings. The molecule has 2 aromatic heterocycles. The van der Waals surface area contributed by atoms with Gasteiger partial charge in [0.05, 0.1) is 47.7 Å². The van der Waals surface area contributed by atoms with Crippen LogP contribution in [0.5, 0.6) is 0 Å². The van der Waals surface area contributed by atoms with Gasteiger partial charge in [0.1, 0.15) is 0 Å². The molecule has 0 spiro atoms. The topological polar surface area (TPSA) is 84.8 Å². The smallest absolute Gasteiger partial charge is 0.259 e. The number of hydrogen-bond acceptors (Lipinski definition) is 4. The van der Waals surface area contributed by atoms with E-state index in [9.17, 15) is 4.79 Å². The minimum atomic E-state index is -0.139. The van der Waals surface area contributed by atoms with Crippen molar-refractivity contribution in [2.24, 2.45) is 0 Å². The van der Waals surface area contributed by atoms with Crippen LogP contribution in [0.25, 0.3) is 0 Å². The van der Waals surface area contributed by atoms with E-state index in [0.29, 0.717) is 18.2 Å². The van der Waals surface area contributed by atoms with Crippen LogP contribution in [0, 0.1) is 6.92 Å². The highest BCUT2D eigenvalue weighted by Gasteiger charge is 2.26. The molecule has 1 saturated carbocycles. The number of amides is 1. The summed E-state index contributed by atoms with van der Waals surface area (Å²) < 4.78 is 7.48. The van der Waals surface area contributed by atoms with E-state index in [1.807, 2.05) is 6.92 Å². The molecule has 1 aliphatic heterocycles. The maximum Gasteiger partial charge on any atom is 0.259 e. The van der Waals surface area contributed by atoms with Gasteiger partial charge in [0.15, 0.2) is 0 Å². The fourth-order valence-corrected chi connectivity index (χ4v) is 3.80. The Kier molecular flexibility index (Phi) is 4.10. The van der Waals surface area contributed by atoms with E-state index >= 15 is 0 Å². The summed E-state index contributed by atoms with van der Waals surface area (Å²) in [6.07, 6.45) is 9.12. The van der Waals surface area contributed by atoms with Gasteiger partial charge in [-0.1, -0.05) is 12.8 Å². The van der Waals surface area contributed by atoms with Crippen LogP contribution >= 0.6 is 0 Å². The van der Waals surface area contributed by atoms with Gasteiger partial charge in [0.2, 0.25) is 0 Å². The Morgan fingerprint density at radius 1 is 1.33 bits per heavy atom. The number of H-pyrrole nitrogens is 1. The van der Waals surface area contributed by atoms with Gasteiger partial charge in [-0.2, -0.15) is 10.2 Å². The minimum absolute atomic E-state index is 0.139. The van der Waals surface area contributed by atoms with E-state index in [4.69, 9.17) is 4.74 Å². The first-order valence-corrected chi connectivity index (χ1v) is 8.70. The summed E-state index contributed by atoms with van der Waals surface area (Å²) in [5.41, 5.74) is 3.26. The van der Waals surface area contributed by atoms with Crippen molar-refractivity contribution in [2.45, 2.75) is 51.0 Å². The second kappa shape index (κ2) is 6.39. The Balaban J connectivity index is 1.51. The van der Waals surface area contributed by atoms with E-state index < -0.39 is 0 Å². The van der Waals surface area contributed by atoms with Gasteiger partial charge in [0, 0.05) is 12.5 Å². The molecule has 24 heavy (non-hydrogen) atoms. The number of rotatable bonds is 4. The highest BCUT2D eigenvalue weighted by Crippen LogP contribution is 2.32. The molecule has 1 saturated heterocycles. The summed E-state index contributed by atoms with van der Waals surface area (Å²) in [7, 11) is 0. The first-order valence-electron chi connectivity index (χ1n) is 8.70. The molecular formula is C17H23N5O2. The summed E-state index contributed by atoms with van der Waals surface area (Å²) >= 11 is 0. The molecule has 1 amide bonds. The third-order valence-electron chi connectivity index (χ3n) is 5.21. The number of nitrogens with one attached hydrogen (secondary N) is 2. The Morgan fingerprint density at radius 2 is 2.17 bits per heavy atom. The third kappa shape index (κ3) is 2.73. The average molecular weight is 329 g/mol. The highest BCUT2D eigenvalue weighted by atomic mass is 16.5. The molecule has 0 radical (unpaired) electrons. The van der Waals surface area contributed by atoms with Crippen LogP contribution in [0.1, 0.15) is 65.8 Å². The molecule has 1 unspecified atom stereocenters. The van der Waals surface area contributed by atoms with Gasteiger partial charge in [-0.15, -0.1) is 0 Å². The Morgan fingerprint density at radius 3 is 2.92 bits per heavy atom. The van der Waals surface area contributed by atoms with Crippen LogP contribution in [0.3, 0.4) is 0 Å². The number of aromatic amines is 1. The van der Waals surface area contributed by atoms with E-state index in [0.717, 1.165) is 30.1 Å². The minimum Gasteiger partial charge on any atom is -0.381 e. The van der Waals surface area contributed by atoms with Crippen molar-refractivity contribution in [3.05, 3.63) is 29.3 Å². The van der Waals surface area contributed by atoms with Crippen molar-refractivity contribution in [1.82, 2.24) is 20.0 Å². The number of nitrogens with zero attached hydrogens (tertiary/aromatic N) is 3. The fourth-order valence-electron chi connectivity index (χ4n) is 3.80. The van der Waals surface area contributed by atoms with E-state index in [1.165, 1.54) is 25.7 Å². The maximum atomic E-state index is 12.7. The third-order valence-corrected chi connectivity index (χ3v) is 5.21. The summed E-state index contributed by atoms with van der Waals surface area (Å²) in [5.74, 6) is 0.0790. The van der Waals surface area contributed by atoms with Gasteiger partial charge in [-0.3, -0.25) is 14.6 Å². The lowest BCUT2D eigenvalue weighted by molar-refractivity contribution is 0.102. The summed E-state index contributed by atoms with van der Waals surface area (Å²) in [5, 5.41) is 14.5. The Bertz CT molecular complexity index is 723. The van der Waals surface area contributed by atoms with Crippen molar-refractivity contribution in [3.63, 3.8) is 0 Å². The largest absolute Gasteiger partial charge is 0.381 e. The molecule has 0 aromatic carbocycles. The lowest BCUT2D eigenvalue weighted by Gasteiger charge is -2.13. The molecule has 2 aliphatic rings. The normalized spacial score (nSPS) is 21.5. The predicted molar refractivity (Wildman–Crippen MR) is 89.2 cm³/mol. The molecule has 0 bridgehead atoms. The SMILES string of the molecule is Cc1c(NC(=O)c2cn[nH]c2C2CCOC2)cnn1C1CCCC1. The summed E-state index contributed by atoms with van der Waals surface area (Å²) in [6.45, 7) is 3.39. The molecule has 3 heterocycles. The van der Waals surface area contributed by atoms with E-state index in [1.54, 1.807) is 12.4 Å². The highest BCUT2D eigenvalue weighted by molar-refractivity contribution is 6.05. The standard InChI is InChI=1S/C17H23N5O2/c1-11-15(9-19-22(11)13-4-2-3-5-13)20-17(23)14-8-18-21-16(14)12-6-7-24-10-12/h8-9,12-13H,2-7,10H2,1H3,(H,18,21)(H,20,23). The van der Waals surface area contributed by atoms with Crippen molar-refractivity contribution in [3.8, 4) is 0 Å². The van der Waals surface area contributed by atoms with Gasteiger partial charge in [-0.25, -0.2) is 0 Å². The molecule has 2 N–H and O–H groups in total. The summed E-state index contributed by atoms with van der Waals surface area (Å²) in [6, 6.07) is 0.468. The predicted octanol–water partition coefficient (Wildman–Crippen LogP) is 2.79. The van der Waals surface area contributed by atoms with Crippen LogP contribution in [0.2, 0.25) is 0 Å². The quantitative estimate of drug-likeness (QED) is 0.903. The molecule has 128 valence electrons. The van der Waals surface area contributed by atoms with E-state index in [-0.39, 0.29) is 11.8 Å². The monoisotopic (exact) mass is 329 g/mol. The Labute approximate surface area is 140 Å². The first-order chi connectivity index (χ1) is 11.7. The fraction of sp³-hybridized carbons (Fsp3) is 0.588. The van der Waals surface area contributed by atoms with E-state index in [2.05, 4.69) is 25.3 Å². The van der Waals surface area contributed by atoms with Crippen molar-refractivity contribution < 1.29 is 9.53 Å². The Hall–Kier alpha value is -2.15. The second-order valence-electron chi connectivity index (χ2n) is 6.74. The van der Waals surface area contributed by atoms with Crippen molar-refractivity contribution in [1.29, 1.82) is 0 Å². The van der Waals surface area contributed by atoms with Gasteiger partial charge < -0.3 is 10.1 Å².